The van der Waals surface area contributed by atoms with Crippen LogP contribution >= 0.6 is 0 Å². The summed E-state index contributed by atoms with van der Waals surface area (Å²) in [5.74, 6) is 0.804. The Hall–Kier alpha value is -1.10. The Balaban J connectivity index is 1.86. The molecule has 2 aliphatic rings. The van der Waals surface area contributed by atoms with Crippen LogP contribution in [0.5, 0.6) is 0 Å². The summed E-state index contributed by atoms with van der Waals surface area (Å²) in [7, 11) is 0. The van der Waals surface area contributed by atoms with Gasteiger partial charge in [0.25, 0.3) is 0 Å². The van der Waals surface area contributed by atoms with Gasteiger partial charge in [0, 0.05) is 33.1 Å². The van der Waals surface area contributed by atoms with Crippen LogP contribution in [0.3, 0.4) is 0 Å². The maximum absolute atomic E-state index is 12.9. The van der Waals surface area contributed by atoms with Crippen molar-refractivity contribution in [2.75, 3.05) is 26.2 Å². The zero-order chi connectivity index (χ0) is 15.3. The lowest BCUT2D eigenvalue weighted by atomic mass is 9.72. The van der Waals surface area contributed by atoms with E-state index in [4.69, 9.17) is 5.73 Å². The Kier molecular flexibility index (Phi) is 5.62. The van der Waals surface area contributed by atoms with Crippen LogP contribution in [0.25, 0.3) is 0 Å². The van der Waals surface area contributed by atoms with E-state index in [1.807, 2.05) is 4.90 Å². The van der Waals surface area contributed by atoms with Crippen LogP contribution in [0.15, 0.2) is 0 Å². The fourth-order valence-corrected chi connectivity index (χ4v) is 3.70. The van der Waals surface area contributed by atoms with Crippen molar-refractivity contribution >= 4 is 11.8 Å². The average Bonchev–Trinajstić information content (AvgIpc) is 2.53. The third-order valence-electron chi connectivity index (χ3n) is 5.20. The molecule has 2 amide bonds. The number of likely N-dealkylation sites (tertiary alicyclic amines) is 1. The number of nitrogens with two attached hydrogens (primary N) is 1. The predicted octanol–water partition coefficient (Wildman–Crippen LogP) is 1.27. The van der Waals surface area contributed by atoms with E-state index in [2.05, 4.69) is 5.32 Å². The topological polar surface area (TPSA) is 75.4 Å². The number of hydrogen-bond acceptors (Lipinski definition) is 3. The summed E-state index contributed by atoms with van der Waals surface area (Å²) in [6, 6.07) is 0. The van der Waals surface area contributed by atoms with Gasteiger partial charge in [-0.2, -0.15) is 0 Å². The SMILES string of the molecule is CC(=O)NCC1CCN(C(=O)C2(CN)CCCCC2)CC1. The van der Waals surface area contributed by atoms with Crippen LogP contribution in [0, 0.1) is 11.3 Å². The lowest BCUT2D eigenvalue weighted by Crippen LogP contribution is -2.51. The molecule has 1 saturated carbocycles. The van der Waals surface area contributed by atoms with Gasteiger partial charge in [-0.3, -0.25) is 9.59 Å². The summed E-state index contributed by atoms with van der Waals surface area (Å²) in [5.41, 5.74) is 5.67. The zero-order valence-corrected chi connectivity index (χ0v) is 13.2. The third-order valence-corrected chi connectivity index (χ3v) is 5.20. The van der Waals surface area contributed by atoms with Crippen LogP contribution in [-0.4, -0.2) is 42.9 Å². The highest BCUT2D eigenvalue weighted by Crippen LogP contribution is 2.37. The normalized spacial score (nSPS) is 22.9. The van der Waals surface area contributed by atoms with Gasteiger partial charge in [-0.05, 0) is 31.6 Å². The van der Waals surface area contributed by atoms with Crippen molar-refractivity contribution in [3.63, 3.8) is 0 Å². The smallest absolute Gasteiger partial charge is 0.230 e. The Morgan fingerprint density at radius 1 is 1.19 bits per heavy atom. The van der Waals surface area contributed by atoms with Crippen molar-refractivity contribution in [2.45, 2.75) is 51.9 Å². The molecule has 0 unspecified atom stereocenters. The Labute approximate surface area is 127 Å². The molecule has 0 aromatic carbocycles. The standard InChI is InChI=1S/C16H29N3O2/c1-13(20)18-11-14-5-9-19(10-6-14)15(21)16(12-17)7-3-2-4-8-16/h14H,2-12,17H2,1H3,(H,18,20). The van der Waals surface area contributed by atoms with E-state index in [0.29, 0.717) is 12.5 Å². The number of piperidine rings is 1. The molecule has 0 bridgehead atoms. The van der Waals surface area contributed by atoms with E-state index in [1.54, 1.807) is 6.92 Å². The Morgan fingerprint density at radius 2 is 1.81 bits per heavy atom. The Bertz CT molecular complexity index is 370. The van der Waals surface area contributed by atoms with Crippen molar-refractivity contribution in [3.05, 3.63) is 0 Å². The average molecular weight is 295 g/mol. The van der Waals surface area contributed by atoms with Gasteiger partial charge >= 0.3 is 0 Å². The number of hydrogen-bond donors (Lipinski definition) is 2. The van der Waals surface area contributed by atoms with Gasteiger partial charge in [0.05, 0.1) is 5.41 Å². The third kappa shape index (κ3) is 3.96. The highest BCUT2D eigenvalue weighted by molar-refractivity contribution is 5.83. The number of nitrogens with one attached hydrogen (secondary N) is 1. The van der Waals surface area contributed by atoms with Crippen LogP contribution in [-0.2, 0) is 9.59 Å². The van der Waals surface area contributed by atoms with Gasteiger partial charge in [0.15, 0.2) is 0 Å². The van der Waals surface area contributed by atoms with E-state index in [9.17, 15) is 9.59 Å². The number of carbonyl (C=O) groups is 2. The van der Waals surface area contributed by atoms with Crippen molar-refractivity contribution in [3.8, 4) is 0 Å². The van der Waals surface area contributed by atoms with Crippen LogP contribution in [0.2, 0.25) is 0 Å². The number of carbonyl (C=O) groups excluding carboxylic acids is 2. The second-order valence-electron chi connectivity index (χ2n) is 6.72. The van der Waals surface area contributed by atoms with Gasteiger partial charge in [-0.15, -0.1) is 0 Å². The first-order valence-electron chi connectivity index (χ1n) is 8.31. The summed E-state index contributed by atoms with van der Waals surface area (Å²) >= 11 is 0. The van der Waals surface area contributed by atoms with Crippen LogP contribution in [0.4, 0.5) is 0 Å². The largest absolute Gasteiger partial charge is 0.356 e. The highest BCUT2D eigenvalue weighted by Gasteiger charge is 2.41. The molecule has 1 saturated heterocycles. The van der Waals surface area contributed by atoms with E-state index in [-0.39, 0.29) is 17.2 Å². The molecule has 0 aromatic rings. The maximum Gasteiger partial charge on any atom is 0.230 e. The van der Waals surface area contributed by atoms with Gasteiger partial charge in [0.1, 0.15) is 0 Å². The fourth-order valence-electron chi connectivity index (χ4n) is 3.70. The van der Waals surface area contributed by atoms with Gasteiger partial charge < -0.3 is 16.0 Å². The molecule has 1 aliphatic heterocycles. The van der Waals surface area contributed by atoms with E-state index in [0.717, 1.165) is 58.2 Å². The molecule has 21 heavy (non-hydrogen) atoms. The first-order chi connectivity index (χ1) is 10.1. The first-order valence-corrected chi connectivity index (χ1v) is 8.31. The second kappa shape index (κ2) is 7.25. The molecule has 5 nitrogen and oxygen atoms in total. The fraction of sp³-hybridized carbons (Fsp3) is 0.875. The minimum atomic E-state index is -0.289. The van der Waals surface area contributed by atoms with E-state index in [1.165, 1.54) is 6.42 Å². The van der Waals surface area contributed by atoms with Crippen LogP contribution in [0.1, 0.15) is 51.9 Å². The quantitative estimate of drug-likeness (QED) is 0.820. The molecule has 1 aliphatic carbocycles. The summed E-state index contributed by atoms with van der Waals surface area (Å²) in [6.07, 6.45) is 7.35. The summed E-state index contributed by atoms with van der Waals surface area (Å²) in [5, 5.41) is 2.88. The monoisotopic (exact) mass is 295 g/mol. The minimum Gasteiger partial charge on any atom is -0.356 e. The zero-order valence-electron chi connectivity index (χ0n) is 13.2. The van der Waals surface area contributed by atoms with E-state index < -0.39 is 0 Å². The van der Waals surface area contributed by atoms with Gasteiger partial charge in [0.2, 0.25) is 11.8 Å². The molecule has 2 rings (SSSR count). The summed E-state index contributed by atoms with van der Waals surface area (Å²) in [6.45, 7) is 4.39. The first kappa shape index (κ1) is 16.3. The lowest BCUT2D eigenvalue weighted by molar-refractivity contribution is -0.145. The predicted molar refractivity (Wildman–Crippen MR) is 82.6 cm³/mol. The molecule has 0 spiro atoms. The molecule has 1 heterocycles. The maximum atomic E-state index is 12.9. The molecule has 5 heteroatoms. The van der Waals surface area contributed by atoms with Crippen molar-refractivity contribution in [1.82, 2.24) is 10.2 Å². The molecule has 0 aromatic heterocycles. The lowest BCUT2D eigenvalue weighted by Gasteiger charge is -2.41. The molecule has 0 radical (unpaired) electrons. The number of amides is 2. The molecule has 3 N–H and O–H groups in total. The van der Waals surface area contributed by atoms with Crippen molar-refractivity contribution in [2.24, 2.45) is 17.1 Å². The molecule has 0 atom stereocenters. The molecular weight excluding hydrogens is 266 g/mol. The minimum absolute atomic E-state index is 0.0257. The van der Waals surface area contributed by atoms with Crippen LogP contribution < -0.4 is 11.1 Å². The summed E-state index contributed by atoms with van der Waals surface area (Å²) < 4.78 is 0. The van der Waals surface area contributed by atoms with Crippen molar-refractivity contribution < 1.29 is 9.59 Å². The highest BCUT2D eigenvalue weighted by atomic mass is 16.2. The van der Waals surface area contributed by atoms with Gasteiger partial charge in [-0.1, -0.05) is 19.3 Å². The number of nitrogens with zero attached hydrogens (tertiary/aromatic N) is 1. The van der Waals surface area contributed by atoms with Crippen molar-refractivity contribution in [1.29, 1.82) is 0 Å². The van der Waals surface area contributed by atoms with Gasteiger partial charge in [-0.25, -0.2) is 0 Å². The Morgan fingerprint density at radius 3 is 2.33 bits per heavy atom. The molecular formula is C16H29N3O2. The number of rotatable bonds is 4. The second-order valence-corrected chi connectivity index (χ2v) is 6.72. The molecule has 2 fully saturated rings. The summed E-state index contributed by atoms with van der Waals surface area (Å²) in [4.78, 5) is 25.8. The van der Waals surface area contributed by atoms with E-state index >= 15 is 0 Å². The molecule has 120 valence electrons.